The number of rotatable bonds is 6. The van der Waals surface area contributed by atoms with E-state index in [2.05, 4.69) is 0 Å². The van der Waals surface area contributed by atoms with E-state index >= 15 is 0 Å². The van der Waals surface area contributed by atoms with E-state index in [1.54, 1.807) is 0 Å². The van der Waals surface area contributed by atoms with Gasteiger partial charge in [0.25, 0.3) is 0 Å². The van der Waals surface area contributed by atoms with Gasteiger partial charge in [0, 0.05) is 0 Å². The van der Waals surface area contributed by atoms with Crippen molar-refractivity contribution >= 4 is 45.1 Å². The molecule has 0 unspecified atom stereocenters. The van der Waals surface area contributed by atoms with Crippen LogP contribution in [-0.4, -0.2) is 31.4 Å². The van der Waals surface area contributed by atoms with Crippen molar-refractivity contribution in [3.8, 4) is 0 Å². The van der Waals surface area contributed by atoms with E-state index in [1.165, 1.54) is 12.1 Å². The van der Waals surface area contributed by atoms with E-state index in [0.717, 1.165) is 6.07 Å². The van der Waals surface area contributed by atoms with Crippen LogP contribution in [0.5, 0.6) is 0 Å². The van der Waals surface area contributed by atoms with Crippen LogP contribution in [0.3, 0.4) is 0 Å². The molecule has 1 amide bonds. The molecular weight excluding hydrogens is 331 g/mol. The highest BCUT2D eigenvalue weighted by Gasteiger charge is 2.28. The number of amides is 1. The van der Waals surface area contributed by atoms with Gasteiger partial charge < -0.3 is 10.8 Å². The first-order valence-corrected chi connectivity index (χ1v) is 7.36. The number of sulfonamides is 1. The highest BCUT2D eigenvalue weighted by atomic mass is 35.5. The Morgan fingerprint density at radius 1 is 1.35 bits per heavy atom. The van der Waals surface area contributed by atoms with Gasteiger partial charge in [-0.15, -0.1) is 0 Å². The lowest BCUT2D eigenvalue weighted by atomic mass is 10.2. The summed E-state index contributed by atoms with van der Waals surface area (Å²) >= 11 is 11.4. The summed E-state index contributed by atoms with van der Waals surface area (Å²) in [5, 5.41) is 8.61. The highest BCUT2D eigenvalue weighted by molar-refractivity contribution is 7.89. The van der Waals surface area contributed by atoms with Crippen LogP contribution >= 0.6 is 23.2 Å². The number of primary amides is 1. The largest absolute Gasteiger partial charge is 0.480 e. The van der Waals surface area contributed by atoms with Gasteiger partial charge in [-0.1, -0.05) is 29.3 Å². The summed E-state index contributed by atoms with van der Waals surface area (Å²) < 4.78 is 25.9. The van der Waals surface area contributed by atoms with Gasteiger partial charge in [-0.2, -0.15) is 4.72 Å². The lowest BCUT2D eigenvalue weighted by Crippen LogP contribution is -2.43. The van der Waals surface area contributed by atoms with E-state index < -0.39 is 34.4 Å². The molecule has 1 rings (SSSR count). The second-order valence-electron chi connectivity index (χ2n) is 3.73. The molecule has 0 bridgehead atoms. The van der Waals surface area contributed by atoms with Crippen molar-refractivity contribution in [3.05, 3.63) is 28.2 Å². The highest BCUT2D eigenvalue weighted by Crippen LogP contribution is 2.28. The number of nitrogens with two attached hydrogens (primary N) is 1. The molecule has 1 aromatic rings. The lowest BCUT2D eigenvalue weighted by molar-refractivity contribution is -0.140. The number of carbonyl (C=O) groups excluding carboxylic acids is 1. The van der Waals surface area contributed by atoms with Crippen LogP contribution in [0.1, 0.15) is 6.42 Å². The molecule has 0 radical (unpaired) electrons. The molecule has 0 aliphatic rings. The molecule has 0 saturated heterocycles. The average Bonchev–Trinajstić information content (AvgIpc) is 2.30. The van der Waals surface area contributed by atoms with Crippen LogP contribution in [0.4, 0.5) is 0 Å². The molecule has 110 valence electrons. The Morgan fingerprint density at radius 3 is 2.45 bits per heavy atom. The SMILES string of the molecule is NC(=O)C[C@@H](NS(=O)(=O)c1cccc(Cl)c1Cl)C(=O)O. The minimum Gasteiger partial charge on any atom is -0.480 e. The zero-order valence-corrected chi connectivity index (χ0v) is 12.2. The van der Waals surface area contributed by atoms with Crippen LogP contribution < -0.4 is 10.5 Å². The Hall–Kier alpha value is -1.35. The maximum atomic E-state index is 12.0. The Kier molecular flexibility index (Phi) is 5.35. The minimum atomic E-state index is -4.26. The molecule has 20 heavy (non-hydrogen) atoms. The summed E-state index contributed by atoms with van der Waals surface area (Å²) in [6, 6.07) is 2.18. The molecule has 0 aliphatic heterocycles. The Balaban J connectivity index is 3.13. The second-order valence-corrected chi connectivity index (χ2v) is 6.20. The number of halogens is 2. The number of nitrogens with one attached hydrogen (secondary N) is 1. The molecule has 1 aromatic carbocycles. The predicted molar refractivity (Wildman–Crippen MR) is 72.0 cm³/mol. The number of carboxylic acids is 1. The fraction of sp³-hybridized carbons (Fsp3) is 0.200. The second kappa shape index (κ2) is 6.40. The van der Waals surface area contributed by atoms with Crippen molar-refractivity contribution in [2.75, 3.05) is 0 Å². The number of carbonyl (C=O) groups is 2. The van der Waals surface area contributed by atoms with Gasteiger partial charge >= 0.3 is 5.97 Å². The summed E-state index contributed by atoms with van der Waals surface area (Å²) in [5.41, 5.74) is 4.86. The van der Waals surface area contributed by atoms with Crippen molar-refractivity contribution in [1.29, 1.82) is 0 Å². The van der Waals surface area contributed by atoms with Crippen LogP contribution in [0, 0.1) is 0 Å². The van der Waals surface area contributed by atoms with Crippen molar-refractivity contribution < 1.29 is 23.1 Å². The van der Waals surface area contributed by atoms with Gasteiger partial charge in [0.1, 0.15) is 10.9 Å². The van der Waals surface area contributed by atoms with Crippen molar-refractivity contribution in [3.63, 3.8) is 0 Å². The van der Waals surface area contributed by atoms with Crippen molar-refractivity contribution in [2.45, 2.75) is 17.4 Å². The summed E-state index contributed by atoms with van der Waals surface area (Å²) in [6.07, 6.45) is -0.688. The maximum absolute atomic E-state index is 12.0. The fourth-order valence-corrected chi connectivity index (χ4v) is 3.27. The van der Waals surface area contributed by atoms with Gasteiger partial charge in [-0.25, -0.2) is 8.42 Å². The number of benzene rings is 1. The Morgan fingerprint density at radius 2 is 1.95 bits per heavy atom. The summed E-state index contributed by atoms with van der Waals surface area (Å²) in [6.45, 7) is 0. The lowest BCUT2D eigenvalue weighted by Gasteiger charge is -2.14. The third kappa shape index (κ3) is 4.07. The molecule has 0 spiro atoms. The fourth-order valence-electron chi connectivity index (χ4n) is 1.32. The standard InChI is InChI=1S/C10H10Cl2N2O5S/c11-5-2-1-3-7(9(5)12)20(18,19)14-6(10(16)17)4-8(13)15/h1-3,6,14H,4H2,(H2,13,15)(H,16,17)/t6-/m1/s1. The zero-order valence-electron chi connectivity index (χ0n) is 9.84. The number of hydrogen-bond donors (Lipinski definition) is 3. The topological polar surface area (TPSA) is 127 Å². The van der Waals surface area contributed by atoms with Gasteiger partial charge in [-0.05, 0) is 12.1 Å². The van der Waals surface area contributed by atoms with Crippen molar-refractivity contribution in [2.24, 2.45) is 5.73 Å². The maximum Gasteiger partial charge on any atom is 0.322 e. The molecular formula is C10H10Cl2N2O5S. The first-order chi connectivity index (χ1) is 9.15. The normalized spacial score (nSPS) is 12.9. The van der Waals surface area contributed by atoms with Crippen LogP contribution in [-0.2, 0) is 19.6 Å². The first kappa shape index (κ1) is 16.7. The minimum absolute atomic E-state index is 0.00341. The quantitative estimate of drug-likeness (QED) is 0.698. The third-order valence-electron chi connectivity index (χ3n) is 2.21. The number of hydrogen-bond acceptors (Lipinski definition) is 4. The van der Waals surface area contributed by atoms with Gasteiger partial charge in [0.15, 0.2) is 0 Å². The van der Waals surface area contributed by atoms with E-state index in [-0.39, 0.29) is 14.9 Å². The first-order valence-electron chi connectivity index (χ1n) is 5.12. The van der Waals surface area contributed by atoms with Crippen LogP contribution in [0.2, 0.25) is 10.0 Å². The zero-order chi connectivity index (χ0) is 15.5. The molecule has 0 aliphatic carbocycles. The molecule has 0 aromatic heterocycles. The van der Waals surface area contributed by atoms with Crippen molar-refractivity contribution in [1.82, 2.24) is 4.72 Å². The third-order valence-corrected chi connectivity index (χ3v) is 4.65. The molecule has 0 fully saturated rings. The van der Waals surface area contributed by atoms with E-state index in [0.29, 0.717) is 0 Å². The van der Waals surface area contributed by atoms with Crippen LogP contribution in [0.25, 0.3) is 0 Å². The van der Waals surface area contributed by atoms with Crippen LogP contribution in [0.15, 0.2) is 23.1 Å². The number of carboxylic acid groups (broad SMARTS) is 1. The molecule has 0 saturated carbocycles. The summed E-state index contributed by atoms with van der Waals surface area (Å²) in [5.74, 6) is -2.50. The summed E-state index contributed by atoms with van der Waals surface area (Å²) in [4.78, 5) is 21.2. The molecule has 4 N–H and O–H groups in total. The molecule has 7 nitrogen and oxygen atoms in total. The predicted octanol–water partition coefficient (Wildman–Crippen LogP) is 0.600. The van der Waals surface area contributed by atoms with Gasteiger partial charge in [0.2, 0.25) is 15.9 Å². The van der Waals surface area contributed by atoms with E-state index in [9.17, 15) is 18.0 Å². The monoisotopic (exact) mass is 340 g/mol. The average molecular weight is 341 g/mol. The van der Waals surface area contributed by atoms with E-state index in [1.807, 2.05) is 4.72 Å². The Bertz CT molecular complexity index is 647. The van der Waals surface area contributed by atoms with E-state index in [4.69, 9.17) is 34.0 Å². The van der Waals surface area contributed by atoms with Gasteiger partial charge in [-0.3, -0.25) is 9.59 Å². The number of aliphatic carboxylic acids is 1. The molecule has 1 atom stereocenters. The molecule has 0 heterocycles. The smallest absolute Gasteiger partial charge is 0.322 e. The van der Waals surface area contributed by atoms with Gasteiger partial charge in [0.05, 0.1) is 16.5 Å². The summed E-state index contributed by atoms with van der Waals surface area (Å²) in [7, 11) is -4.26. The Labute approximate surface area is 124 Å². The molecule has 10 heteroatoms.